The van der Waals surface area contributed by atoms with E-state index in [0.29, 0.717) is 0 Å². The molecule has 0 amide bonds. The van der Waals surface area contributed by atoms with E-state index in [9.17, 15) is 0 Å². The van der Waals surface area contributed by atoms with E-state index >= 15 is 0 Å². The molecule has 1 aromatic carbocycles. The Morgan fingerprint density at radius 2 is 1.61 bits per heavy atom. The maximum Gasteiger partial charge on any atom is 0.0340 e. The SMILES string of the molecule is CC.CCCCC(CCC)CNc1ccccc1. The van der Waals surface area contributed by atoms with E-state index in [0.717, 1.165) is 12.5 Å². The summed E-state index contributed by atoms with van der Waals surface area (Å²) in [6.07, 6.45) is 6.68. The zero-order valence-corrected chi connectivity index (χ0v) is 12.7. The van der Waals surface area contributed by atoms with Crippen molar-refractivity contribution in [3.8, 4) is 0 Å². The molecule has 0 saturated carbocycles. The molecule has 0 fully saturated rings. The molecule has 0 bridgehead atoms. The molecule has 18 heavy (non-hydrogen) atoms. The predicted molar refractivity (Wildman–Crippen MR) is 84.2 cm³/mol. The van der Waals surface area contributed by atoms with Crippen LogP contribution in [0.25, 0.3) is 0 Å². The van der Waals surface area contributed by atoms with Crippen molar-refractivity contribution < 1.29 is 0 Å². The predicted octanol–water partition coefficient (Wildman–Crippen LogP) is 5.73. The average molecular weight is 249 g/mol. The fraction of sp³-hybridized carbons (Fsp3) is 0.647. The molecule has 1 nitrogen and oxygen atoms in total. The second kappa shape index (κ2) is 12.5. The van der Waals surface area contributed by atoms with E-state index in [2.05, 4.69) is 49.5 Å². The first-order valence-electron chi connectivity index (χ1n) is 7.65. The largest absolute Gasteiger partial charge is 0.385 e. The quantitative estimate of drug-likeness (QED) is 0.620. The van der Waals surface area contributed by atoms with Gasteiger partial charge in [0.15, 0.2) is 0 Å². The highest BCUT2D eigenvalue weighted by Gasteiger charge is 2.06. The zero-order valence-electron chi connectivity index (χ0n) is 12.7. The summed E-state index contributed by atoms with van der Waals surface area (Å²) in [5.74, 6) is 0.838. The fourth-order valence-corrected chi connectivity index (χ4v) is 2.07. The normalized spacial score (nSPS) is 11.3. The van der Waals surface area contributed by atoms with Gasteiger partial charge in [0, 0.05) is 12.2 Å². The lowest BCUT2D eigenvalue weighted by molar-refractivity contribution is 0.449. The van der Waals surface area contributed by atoms with Gasteiger partial charge in [-0.1, -0.05) is 65.2 Å². The average Bonchev–Trinajstić information content (AvgIpc) is 2.45. The molecule has 0 spiro atoms. The number of unbranched alkanes of at least 4 members (excludes halogenated alkanes) is 1. The van der Waals surface area contributed by atoms with Crippen molar-refractivity contribution in [1.82, 2.24) is 0 Å². The van der Waals surface area contributed by atoms with Crippen LogP contribution in [-0.4, -0.2) is 6.54 Å². The number of benzene rings is 1. The zero-order chi connectivity index (χ0) is 13.6. The van der Waals surface area contributed by atoms with Crippen LogP contribution in [0, 0.1) is 5.92 Å². The van der Waals surface area contributed by atoms with Gasteiger partial charge < -0.3 is 5.32 Å². The molecule has 1 unspecified atom stereocenters. The van der Waals surface area contributed by atoms with Crippen LogP contribution in [0.1, 0.15) is 59.8 Å². The summed E-state index contributed by atoms with van der Waals surface area (Å²) in [5, 5.41) is 3.54. The van der Waals surface area contributed by atoms with E-state index in [-0.39, 0.29) is 0 Å². The van der Waals surface area contributed by atoms with Crippen LogP contribution in [0.4, 0.5) is 5.69 Å². The minimum absolute atomic E-state index is 0.838. The standard InChI is InChI=1S/C15H25N.C2H6/c1-3-5-10-14(9-4-2)13-16-15-11-7-6-8-12-15;1-2/h6-8,11-12,14,16H,3-5,9-10,13H2,1-2H3;1-2H3. The summed E-state index contributed by atoms with van der Waals surface area (Å²) in [6, 6.07) is 10.5. The Morgan fingerprint density at radius 1 is 0.944 bits per heavy atom. The molecule has 0 heterocycles. The van der Waals surface area contributed by atoms with Gasteiger partial charge in [0.2, 0.25) is 0 Å². The molecule has 1 heteroatoms. The summed E-state index contributed by atoms with van der Waals surface area (Å²) < 4.78 is 0. The lowest BCUT2D eigenvalue weighted by Crippen LogP contribution is -2.14. The van der Waals surface area contributed by atoms with Crippen molar-refractivity contribution in [3.05, 3.63) is 30.3 Å². The molecule has 0 aromatic heterocycles. The van der Waals surface area contributed by atoms with Crippen LogP contribution in [0.2, 0.25) is 0 Å². The third kappa shape index (κ3) is 8.16. The van der Waals surface area contributed by atoms with Crippen LogP contribution in [0.5, 0.6) is 0 Å². The van der Waals surface area contributed by atoms with E-state index in [1.807, 2.05) is 13.8 Å². The lowest BCUT2D eigenvalue weighted by atomic mass is 9.97. The molecular weight excluding hydrogens is 218 g/mol. The minimum Gasteiger partial charge on any atom is -0.385 e. The maximum atomic E-state index is 3.54. The Balaban J connectivity index is 0.00000137. The van der Waals surface area contributed by atoms with Crippen LogP contribution in [0.15, 0.2) is 30.3 Å². The van der Waals surface area contributed by atoms with Gasteiger partial charge in [-0.2, -0.15) is 0 Å². The van der Waals surface area contributed by atoms with Crippen molar-refractivity contribution in [2.45, 2.75) is 59.8 Å². The number of anilines is 1. The van der Waals surface area contributed by atoms with Gasteiger partial charge in [-0.05, 0) is 30.9 Å². The summed E-state index contributed by atoms with van der Waals surface area (Å²) in [7, 11) is 0. The molecule has 0 aliphatic carbocycles. The smallest absolute Gasteiger partial charge is 0.0340 e. The Bertz CT molecular complexity index is 256. The number of rotatable bonds is 8. The first-order valence-corrected chi connectivity index (χ1v) is 7.65. The van der Waals surface area contributed by atoms with Crippen LogP contribution < -0.4 is 5.32 Å². The highest BCUT2D eigenvalue weighted by atomic mass is 14.9. The molecule has 1 atom stereocenters. The third-order valence-electron chi connectivity index (χ3n) is 3.03. The van der Waals surface area contributed by atoms with Crippen LogP contribution in [0.3, 0.4) is 0 Å². The molecule has 0 saturated heterocycles. The molecular formula is C17H31N. The van der Waals surface area contributed by atoms with Gasteiger partial charge >= 0.3 is 0 Å². The molecule has 1 rings (SSSR count). The fourth-order valence-electron chi connectivity index (χ4n) is 2.07. The highest BCUT2D eigenvalue weighted by Crippen LogP contribution is 2.16. The summed E-state index contributed by atoms with van der Waals surface area (Å²) >= 11 is 0. The topological polar surface area (TPSA) is 12.0 Å². The third-order valence-corrected chi connectivity index (χ3v) is 3.03. The van der Waals surface area contributed by atoms with Gasteiger partial charge in [0.25, 0.3) is 0 Å². The number of hydrogen-bond donors (Lipinski definition) is 1. The van der Waals surface area contributed by atoms with Crippen molar-refractivity contribution in [2.24, 2.45) is 5.92 Å². The number of para-hydroxylation sites is 1. The second-order valence-corrected chi connectivity index (χ2v) is 4.54. The lowest BCUT2D eigenvalue weighted by Gasteiger charge is -2.17. The highest BCUT2D eigenvalue weighted by molar-refractivity contribution is 5.42. The summed E-state index contributed by atoms with van der Waals surface area (Å²) in [4.78, 5) is 0. The first kappa shape index (κ1) is 17.0. The van der Waals surface area contributed by atoms with Crippen molar-refractivity contribution in [2.75, 3.05) is 11.9 Å². The van der Waals surface area contributed by atoms with Crippen LogP contribution in [-0.2, 0) is 0 Å². The van der Waals surface area contributed by atoms with Crippen LogP contribution >= 0.6 is 0 Å². The summed E-state index contributed by atoms with van der Waals surface area (Å²) in [5.41, 5.74) is 1.25. The second-order valence-electron chi connectivity index (χ2n) is 4.54. The van der Waals surface area contributed by atoms with E-state index in [4.69, 9.17) is 0 Å². The minimum atomic E-state index is 0.838. The molecule has 0 radical (unpaired) electrons. The Kier molecular flexibility index (Phi) is 11.8. The van der Waals surface area contributed by atoms with E-state index in [1.165, 1.54) is 37.8 Å². The van der Waals surface area contributed by atoms with Gasteiger partial charge in [-0.15, -0.1) is 0 Å². The Morgan fingerprint density at radius 3 is 2.17 bits per heavy atom. The van der Waals surface area contributed by atoms with Gasteiger partial charge in [-0.3, -0.25) is 0 Å². The molecule has 1 N–H and O–H groups in total. The monoisotopic (exact) mass is 249 g/mol. The molecule has 1 aromatic rings. The van der Waals surface area contributed by atoms with Crippen molar-refractivity contribution in [3.63, 3.8) is 0 Å². The van der Waals surface area contributed by atoms with Gasteiger partial charge in [0.1, 0.15) is 0 Å². The Labute approximate surface area is 114 Å². The number of nitrogens with one attached hydrogen (secondary N) is 1. The molecule has 0 aliphatic rings. The van der Waals surface area contributed by atoms with E-state index in [1.54, 1.807) is 0 Å². The number of hydrogen-bond acceptors (Lipinski definition) is 1. The Hall–Kier alpha value is -0.980. The summed E-state index contributed by atoms with van der Waals surface area (Å²) in [6.45, 7) is 9.67. The van der Waals surface area contributed by atoms with E-state index < -0.39 is 0 Å². The van der Waals surface area contributed by atoms with Crippen molar-refractivity contribution in [1.29, 1.82) is 0 Å². The van der Waals surface area contributed by atoms with Gasteiger partial charge in [-0.25, -0.2) is 0 Å². The maximum absolute atomic E-state index is 3.54. The first-order chi connectivity index (χ1) is 8.86. The van der Waals surface area contributed by atoms with Crippen molar-refractivity contribution >= 4 is 5.69 Å². The van der Waals surface area contributed by atoms with Gasteiger partial charge in [0.05, 0.1) is 0 Å². The molecule has 104 valence electrons. The molecule has 0 aliphatic heterocycles.